The first-order chi connectivity index (χ1) is 8.06. The average molecular weight is 254 g/mol. The van der Waals surface area contributed by atoms with E-state index in [0.717, 1.165) is 0 Å². The van der Waals surface area contributed by atoms with Crippen LogP contribution in [0.25, 0.3) is 11.2 Å². The number of rotatable bonds is 3. The normalized spacial score (nSPS) is 10.6. The van der Waals surface area contributed by atoms with E-state index < -0.39 is 11.5 Å². The number of nitrogens with one attached hydrogen (secondary N) is 1. The Morgan fingerprint density at radius 3 is 3.00 bits per heavy atom. The van der Waals surface area contributed by atoms with Crippen molar-refractivity contribution in [3.63, 3.8) is 0 Å². The van der Waals surface area contributed by atoms with E-state index in [2.05, 4.69) is 15.0 Å². The maximum atomic E-state index is 11.5. The Morgan fingerprint density at radius 2 is 2.29 bits per heavy atom. The minimum absolute atomic E-state index is 0.0765. The van der Waals surface area contributed by atoms with E-state index in [4.69, 9.17) is 16.7 Å². The summed E-state index contributed by atoms with van der Waals surface area (Å²) in [6.45, 7) is 0. The third-order valence-corrected chi connectivity index (χ3v) is 2.37. The molecule has 2 aromatic heterocycles. The molecule has 6 nitrogen and oxygen atoms in total. The molecular formula is C10H8ClN3O3. The van der Waals surface area contributed by atoms with Gasteiger partial charge in [-0.25, -0.2) is 9.97 Å². The van der Waals surface area contributed by atoms with E-state index in [9.17, 15) is 9.59 Å². The van der Waals surface area contributed by atoms with Crippen LogP contribution >= 0.6 is 11.6 Å². The molecule has 2 heterocycles. The number of aryl methyl sites for hydroxylation is 1. The molecule has 0 atom stereocenters. The van der Waals surface area contributed by atoms with Crippen LogP contribution in [0, 0.1) is 0 Å². The standard InChI is InChI=1S/C10H8ClN3O3/c11-5-3-7-9(12-4-5)14-10(17)6(13-7)1-2-8(15)16/h3-4H,1-2H2,(H,15,16)(H,12,14,17). The second kappa shape index (κ2) is 4.50. The Labute approximate surface area is 100 Å². The van der Waals surface area contributed by atoms with Gasteiger partial charge in [-0.2, -0.15) is 0 Å². The highest BCUT2D eigenvalue weighted by molar-refractivity contribution is 6.30. The number of aliphatic carboxylic acids is 1. The zero-order valence-corrected chi connectivity index (χ0v) is 9.36. The molecule has 2 N–H and O–H groups in total. The third-order valence-electron chi connectivity index (χ3n) is 2.16. The number of carboxylic acid groups (broad SMARTS) is 1. The van der Waals surface area contributed by atoms with Gasteiger partial charge < -0.3 is 10.1 Å². The molecule has 2 aromatic rings. The maximum absolute atomic E-state index is 11.5. The summed E-state index contributed by atoms with van der Waals surface area (Å²) in [5.41, 5.74) is 0.522. The zero-order valence-electron chi connectivity index (χ0n) is 8.61. The quantitative estimate of drug-likeness (QED) is 0.850. The minimum Gasteiger partial charge on any atom is -0.481 e. The van der Waals surface area contributed by atoms with E-state index in [0.29, 0.717) is 16.2 Å². The largest absolute Gasteiger partial charge is 0.481 e. The number of aromatic amines is 1. The molecule has 0 amide bonds. The van der Waals surface area contributed by atoms with Gasteiger partial charge in [-0.3, -0.25) is 9.59 Å². The Morgan fingerprint density at radius 1 is 1.53 bits per heavy atom. The number of pyridine rings is 1. The molecule has 0 unspecified atom stereocenters. The molecule has 0 bridgehead atoms. The molecule has 7 heteroatoms. The van der Waals surface area contributed by atoms with Gasteiger partial charge >= 0.3 is 5.97 Å². The molecule has 0 saturated carbocycles. The van der Waals surface area contributed by atoms with Crippen molar-refractivity contribution in [2.24, 2.45) is 0 Å². The maximum Gasteiger partial charge on any atom is 0.303 e. The summed E-state index contributed by atoms with van der Waals surface area (Å²) < 4.78 is 0. The van der Waals surface area contributed by atoms with Crippen LogP contribution in [0.4, 0.5) is 0 Å². The number of nitrogens with zero attached hydrogens (tertiary/aromatic N) is 2. The van der Waals surface area contributed by atoms with Gasteiger partial charge in [-0.1, -0.05) is 11.6 Å². The number of halogens is 1. The number of hydrogen-bond donors (Lipinski definition) is 2. The lowest BCUT2D eigenvalue weighted by Gasteiger charge is -2.00. The predicted molar refractivity (Wildman–Crippen MR) is 61.1 cm³/mol. The van der Waals surface area contributed by atoms with Crippen LogP contribution in [0.15, 0.2) is 17.1 Å². The smallest absolute Gasteiger partial charge is 0.303 e. The molecule has 0 aliphatic heterocycles. The van der Waals surface area contributed by atoms with E-state index in [1.165, 1.54) is 6.20 Å². The molecular weight excluding hydrogens is 246 g/mol. The molecule has 0 saturated heterocycles. The summed E-state index contributed by atoms with van der Waals surface area (Å²) in [5.74, 6) is -0.976. The number of carbonyl (C=O) groups is 1. The highest BCUT2D eigenvalue weighted by Gasteiger charge is 2.08. The Hall–Kier alpha value is -1.95. The van der Waals surface area contributed by atoms with Crippen LogP contribution in [-0.2, 0) is 11.2 Å². The first kappa shape index (κ1) is 11.5. The van der Waals surface area contributed by atoms with Crippen LogP contribution < -0.4 is 5.56 Å². The lowest BCUT2D eigenvalue weighted by atomic mass is 10.2. The number of aromatic nitrogens is 3. The van der Waals surface area contributed by atoms with Gasteiger partial charge in [-0.15, -0.1) is 0 Å². The summed E-state index contributed by atoms with van der Waals surface area (Å²) in [4.78, 5) is 32.5. The van der Waals surface area contributed by atoms with Crippen LogP contribution in [-0.4, -0.2) is 26.0 Å². The molecule has 0 fully saturated rings. The summed E-state index contributed by atoms with van der Waals surface area (Å²) >= 11 is 5.75. The number of carboxylic acids is 1. The first-order valence-corrected chi connectivity index (χ1v) is 5.20. The summed E-state index contributed by atoms with van der Waals surface area (Å²) in [6, 6.07) is 1.56. The highest BCUT2D eigenvalue weighted by Crippen LogP contribution is 2.12. The Balaban J connectivity index is 2.46. The number of hydrogen-bond acceptors (Lipinski definition) is 4. The predicted octanol–water partition coefficient (Wildman–Crippen LogP) is 0.989. The molecule has 2 rings (SSSR count). The lowest BCUT2D eigenvalue weighted by molar-refractivity contribution is -0.136. The summed E-state index contributed by atoms with van der Waals surface area (Å²) in [6.07, 6.45) is 1.33. The Kier molecular flexibility index (Phi) is 3.06. The third kappa shape index (κ3) is 2.59. The second-order valence-corrected chi connectivity index (χ2v) is 3.86. The van der Waals surface area contributed by atoms with Crippen molar-refractivity contribution in [1.82, 2.24) is 15.0 Å². The summed E-state index contributed by atoms with van der Waals surface area (Å²) in [7, 11) is 0. The van der Waals surface area contributed by atoms with Crippen molar-refractivity contribution in [2.45, 2.75) is 12.8 Å². The lowest BCUT2D eigenvalue weighted by Crippen LogP contribution is -2.16. The van der Waals surface area contributed by atoms with E-state index in [1.807, 2.05) is 0 Å². The van der Waals surface area contributed by atoms with Crippen molar-refractivity contribution < 1.29 is 9.90 Å². The topological polar surface area (TPSA) is 95.9 Å². The van der Waals surface area contributed by atoms with Gasteiger partial charge in [0.25, 0.3) is 5.56 Å². The van der Waals surface area contributed by atoms with E-state index in [1.54, 1.807) is 6.07 Å². The van der Waals surface area contributed by atoms with Gasteiger partial charge in [0.1, 0.15) is 11.2 Å². The fourth-order valence-electron chi connectivity index (χ4n) is 1.38. The monoisotopic (exact) mass is 253 g/mol. The SMILES string of the molecule is O=C(O)CCc1nc2cc(Cl)cnc2[nH]c1=O. The molecule has 88 valence electrons. The molecule has 0 radical (unpaired) electrons. The fraction of sp³-hybridized carbons (Fsp3) is 0.200. The molecule has 17 heavy (non-hydrogen) atoms. The molecule has 0 aromatic carbocycles. The van der Waals surface area contributed by atoms with Crippen LogP contribution in [0.2, 0.25) is 5.02 Å². The van der Waals surface area contributed by atoms with Crippen molar-refractivity contribution in [1.29, 1.82) is 0 Å². The molecule has 0 spiro atoms. The average Bonchev–Trinajstić information content (AvgIpc) is 2.26. The van der Waals surface area contributed by atoms with Gasteiger partial charge in [0, 0.05) is 12.6 Å². The van der Waals surface area contributed by atoms with E-state index in [-0.39, 0.29) is 18.5 Å². The Bertz CT molecular complexity index is 638. The van der Waals surface area contributed by atoms with Gasteiger partial charge in [0.05, 0.1) is 11.4 Å². The summed E-state index contributed by atoms with van der Waals surface area (Å²) in [5, 5.41) is 8.95. The highest BCUT2D eigenvalue weighted by atomic mass is 35.5. The van der Waals surface area contributed by atoms with Crippen LogP contribution in [0.5, 0.6) is 0 Å². The number of fused-ring (bicyclic) bond motifs is 1. The van der Waals surface area contributed by atoms with Crippen LogP contribution in [0.3, 0.4) is 0 Å². The molecule has 0 aliphatic rings. The van der Waals surface area contributed by atoms with Gasteiger partial charge in [-0.05, 0) is 6.07 Å². The van der Waals surface area contributed by atoms with Gasteiger partial charge in [0.2, 0.25) is 0 Å². The van der Waals surface area contributed by atoms with Crippen molar-refractivity contribution in [3.05, 3.63) is 33.3 Å². The van der Waals surface area contributed by atoms with E-state index >= 15 is 0 Å². The van der Waals surface area contributed by atoms with Crippen molar-refractivity contribution in [3.8, 4) is 0 Å². The zero-order chi connectivity index (χ0) is 12.4. The second-order valence-electron chi connectivity index (χ2n) is 3.43. The molecule has 0 aliphatic carbocycles. The number of H-pyrrole nitrogens is 1. The fourth-order valence-corrected chi connectivity index (χ4v) is 1.53. The van der Waals surface area contributed by atoms with Crippen molar-refractivity contribution in [2.75, 3.05) is 0 Å². The van der Waals surface area contributed by atoms with Crippen LogP contribution in [0.1, 0.15) is 12.1 Å². The van der Waals surface area contributed by atoms with Gasteiger partial charge in [0.15, 0.2) is 5.65 Å². The first-order valence-electron chi connectivity index (χ1n) is 4.82. The van der Waals surface area contributed by atoms with Crippen molar-refractivity contribution >= 4 is 28.7 Å². The minimum atomic E-state index is -0.976.